The van der Waals surface area contributed by atoms with Gasteiger partial charge in [0.05, 0.1) is 6.42 Å². The Labute approximate surface area is 111 Å². The maximum atomic E-state index is 13.4. The van der Waals surface area contributed by atoms with E-state index in [-0.39, 0.29) is 23.9 Å². The summed E-state index contributed by atoms with van der Waals surface area (Å²) in [5.74, 6) is -1.68. The molecule has 5 heteroatoms. The van der Waals surface area contributed by atoms with E-state index in [1.807, 2.05) is 0 Å². The van der Waals surface area contributed by atoms with Crippen LogP contribution in [0.3, 0.4) is 0 Å². The Morgan fingerprint density at radius 3 is 2.79 bits per heavy atom. The van der Waals surface area contributed by atoms with Crippen LogP contribution >= 0.6 is 0 Å². The molecule has 2 N–H and O–H groups in total. The molecule has 0 aromatic heterocycles. The predicted molar refractivity (Wildman–Crippen MR) is 68.7 cm³/mol. The van der Waals surface area contributed by atoms with Crippen LogP contribution in [0.15, 0.2) is 18.2 Å². The Hall–Kier alpha value is -1.49. The zero-order chi connectivity index (χ0) is 13.7. The number of amides is 1. The zero-order valence-corrected chi connectivity index (χ0v) is 10.7. The Morgan fingerprint density at radius 2 is 2.05 bits per heavy atom. The smallest absolute Gasteiger partial charge is 0.224 e. The Kier molecular flexibility index (Phi) is 4.85. The van der Waals surface area contributed by atoms with Crippen molar-refractivity contribution >= 4 is 5.91 Å². The first-order chi connectivity index (χ1) is 9.16. The highest BCUT2D eigenvalue weighted by atomic mass is 19.1. The largest absolute Gasteiger partial charge is 0.352 e. The van der Waals surface area contributed by atoms with Crippen molar-refractivity contribution in [1.29, 1.82) is 0 Å². The average Bonchev–Trinajstić information content (AvgIpc) is 2.63. The van der Waals surface area contributed by atoms with E-state index in [2.05, 4.69) is 10.6 Å². The lowest BCUT2D eigenvalue weighted by Gasteiger charge is -2.16. The molecule has 0 saturated carbocycles. The Morgan fingerprint density at radius 1 is 1.32 bits per heavy atom. The first kappa shape index (κ1) is 13.9. The second-order valence-corrected chi connectivity index (χ2v) is 4.84. The molecule has 2 rings (SSSR count). The quantitative estimate of drug-likeness (QED) is 0.877. The van der Waals surface area contributed by atoms with E-state index in [9.17, 15) is 13.6 Å². The molecule has 0 spiro atoms. The van der Waals surface area contributed by atoms with Gasteiger partial charge < -0.3 is 10.6 Å². The van der Waals surface area contributed by atoms with E-state index in [1.165, 1.54) is 18.2 Å². The van der Waals surface area contributed by atoms with Gasteiger partial charge in [-0.05, 0) is 31.5 Å². The number of nitrogens with one attached hydrogen (secondary N) is 2. The molecule has 104 valence electrons. The van der Waals surface area contributed by atoms with Crippen LogP contribution in [-0.4, -0.2) is 25.0 Å². The molecule has 1 saturated heterocycles. The molecule has 1 heterocycles. The third-order valence-electron chi connectivity index (χ3n) is 3.31. The number of halogens is 2. The van der Waals surface area contributed by atoms with Crippen molar-refractivity contribution in [2.45, 2.75) is 31.7 Å². The number of carbonyl (C=O) groups excluding carboxylic acids is 1. The van der Waals surface area contributed by atoms with Crippen LogP contribution < -0.4 is 10.6 Å². The van der Waals surface area contributed by atoms with Crippen molar-refractivity contribution in [1.82, 2.24) is 10.6 Å². The molecule has 0 radical (unpaired) electrons. The highest BCUT2D eigenvalue weighted by molar-refractivity contribution is 5.79. The summed E-state index contributed by atoms with van der Waals surface area (Å²) in [5, 5.41) is 6.05. The second-order valence-electron chi connectivity index (χ2n) is 4.84. The zero-order valence-electron chi connectivity index (χ0n) is 10.7. The molecule has 1 amide bonds. The number of carbonyl (C=O) groups is 1. The normalized spacial score (nSPS) is 19.8. The monoisotopic (exact) mass is 268 g/mol. The Bertz CT molecular complexity index is 423. The SMILES string of the molecule is O=C(Cc1c(F)cccc1F)NC1CCCCNC1. The van der Waals surface area contributed by atoms with E-state index in [0.29, 0.717) is 6.54 Å². The highest BCUT2D eigenvalue weighted by Gasteiger charge is 2.17. The van der Waals surface area contributed by atoms with Gasteiger partial charge in [-0.2, -0.15) is 0 Å². The summed E-state index contributed by atoms with van der Waals surface area (Å²) in [6.07, 6.45) is 2.79. The summed E-state index contributed by atoms with van der Waals surface area (Å²) in [7, 11) is 0. The van der Waals surface area contributed by atoms with Gasteiger partial charge in [-0.3, -0.25) is 4.79 Å². The summed E-state index contributed by atoms with van der Waals surface area (Å²) in [4.78, 5) is 11.8. The van der Waals surface area contributed by atoms with Gasteiger partial charge >= 0.3 is 0 Å². The molecule has 19 heavy (non-hydrogen) atoms. The molecule has 1 aliphatic rings. The van der Waals surface area contributed by atoms with E-state index in [4.69, 9.17) is 0 Å². The maximum Gasteiger partial charge on any atom is 0.224 e. The number of rotatable bonds is 3. The van der Waals surface area contributed by atoms with Crippen LogP contribution in [0, 0.1) is 11.6 Å². The van der Waals surface area contributed by atoms with Crippen molar-refractivity contribution in [2.75, 3.05) is 13.1 Å². The van der Waals surface area contributed by atoms with E-state index >= 15 is 0 Å². The van der Waals surface area contributed by atoms with Crippen molar-refractivity contribution < 1.29 is 13.6 Å². The fourth-order valence-corrected chi connectivity index (χ4v) is 2.28. The lowest BCUT2D eigenvalue weighted by Crippen LogP contribution is -2.41. The number of benzene rings is 1. The van der Waals surface area contributed by atoms with Crippen LogP contribution in [0.5, 0.6) is 0 Å². The maximum absolute atomic E-state index is 13.4. The molecular weight excluding hydrogens is 250 g/mol. The van der Waals surface area contributed by atoms with Gasteiger partial charge in [0.2, 0.25) is 5.91 Å². The molecule has 0 bridgehead atoms. The number of hydrogen-bond donors (Lipinski definition) is 2. The summed E-state index contributed by atoms with van der Waals surface area (Å²) in [6.45, 7) is 1.67. The van der Waals surface area contributed by atoms with Crippen LogP contribution in [0.1, 0.15) is 24.8 Å². The van der Waals surface area contributed by atoms with Gasteiger partial charge in [-0.1, -0.05) is 12.5 Å². The summed E-state index contributed by atoms with van der Waals surface area (Å²) < 4.78 is 26.8. The predicted octanol–water partition coefficient (Wildman–Crippen LogP) is 1.77. The molecular formula is C14H18F2N2O. The van der Waals surface area contributed by atoms with Gasteiger partial charge in [0.1, 0.15) is 11.6 Å². The Balaban J connectivity index is 1.93. The summed E-state index contributed by atoms with van der Waals surface area (Å²) in [5.41, 5.74) is -0.165. The minimum Gasteiger partial charge on any atom is -0.352 e. The van der Waals surface area contributed by atoms with Crippen LogP contribution in [0.4, 0.5) is 8.78 Å². The van der Waals surface area contributed by atoms with Crippen molar-refractivity contribution in [3.05, 3.63) is 35.4 Å². The first-order valence-corrected chi connectivity index (χ1v) is 6.60. The summed E-state index contributed by atoms with van der Waals surface area (Å²) >= 11 is 0. The van der Waals surface area contributed by atoms with E-state index in [0.717, 1.165) is 25.8 Å². The summed E-state index contributed by atoms with van der Waals surface area (Å²) in [6, 6.07) is 3.67. The fraction of sp³-hybridized carbons (Fsp3) is 0.500. The third kappa shape index (κ3) is 3.99. The van der Waals surface area contributed by atoms with Crippen molar-refractivity contribution in [3.8, 4) is 0 Å². The van der Waals surface area contributed by atoms with E-state index < -0.39 is 11.6 Å². The lowest BCUT2D eigenvalue weighted by atomic mass is 10.1. The molecule has 1 fully saturated rings. The highest BCUT2D eigenvalue weighted by Crippen LogP contribution is 2.13. The van der Waals surface area contributed by atoms with Gasteiger partial charge in [0, 0.05) is 18.2 Å². The van der Waals surface area contributed by atoms with Crippen molar-refractivity contribution in [3.63, 3.8) is 0 Å². The third-order valence-corrected chi connectivity index (χ3v) is 3.31. The molecule has 1 aromatic carbocycles. The molecule has 3 nitrogen and oxygen atoms in total. The molecule has 0 aliphatic carbocycles. The van der Waals surface area contributed by atoms with Gasteiger partial charge in [-0.25, -0.2) is 8.78 Å². The van der Waals surface area contributed by atoms with Crippen LogP contribution in [-0.2, 0) is 11.2 Å². The minimum atomic E-state index is -0.672. The molecule has 1 aromatic rings. The molecule has 1 aliphatic heterocycles. The lowest BCUT2D eigenvalue weighted by molar-refractivity contribution is -0.121. The molecule has 1 atom stereocenters. The second kappa shape index (κ2) is 6.61. The number of hydrogen-bond acceptors (Lipinski definition) is 2. The van der Waals surface area contributed by atoms with Gasteiger partial charge in [0.25, 0.3) is 0 Å². The minimum absolute atomic E-state index is 0.0461. The van der Waals surface area contributed by atoms with Gasteiger partial charge in [0.15, 0.2) is 0 Å². The standard InChI is InChI=1S/C14H18F2N2O/c15-12-5-3-6-13(16)11(12)8-14(19)18-10-4-1-2-7-17-9-10/h3,5-6,10,17H,1-2,4,7-9H2,(H,18,19). The van der Waals surface area contributed by atoms with E-state index in [1.54, 1.807) is 0 Å². The topological polar surface area (TPSA) is 41.1 Å². The van der Waals surface area contributed by atoms with Crippen LogP contribution in [0.25, 0.3) is 0 Å². The molecule has 1 unspecified atom stereocenters. The van der Waals surface area contributed by atoms with Crippen molar-refractivity contribution in [2.24, 2.45) is 0 Å². The van der Waals surface area contributed by atoms with Crippen LogP contribution in [0.2, 0.25) is 0 Å². The first-order valence-electron chi connectivity index (χ1n) is 6.60. The fourth-order valence-electron chi connectivity index (χ4n) is 2.28. The van der Waals surface area contributed by atoms with Gasteiger partial charge in [-0.15, -0.1) is 0 Å². The average molecular weight is 268 g/mol.